The number of fused-ring (bicyclic) bond motifs is 2. The lowest BCUT2D eigenvalue weighted by molar-refractivity contribution is -0.121. The lowest BCUT2D eigenvalue weighted by Crippen LogP contribution is -2.52. The average Bonchev–Trinajstić information content (AvgIpc) is 3.17. The highest BCUT2D eigenvalue weighted by Gasteiger charge is 2.35. The van der Waals surface area contributed by atoms with Gasteiger partial charge in [-0.3, -0.25) is 4.79 Å². The molecule has 0 radical (unpaired) electrons. The van der Waals surface area contributed by atoms with E-state index < -0.39 is 29.7 Å². The molecule has 1 aliphatic heterocycles. The molecule has 12 heteroatoms. The van der Waals surface area contributed by atoms with Crippen molar-refractivity contribution in [2.45, 2.75) is 51.9 Å². The zero-order valence-corrected chi connectivity index (χ0v) is 27.5. The molecular formula is C34H41N3O9. The fourth-order valence-corrected chi connectivity index (χ4v) is 5.11. The van der Waals surface area contributed by atoms with Gasteiger partial charge in [0, 0.05) is 25.2 Å². The summed E-state index contributed by atoms with van der Waals surface area (Å²) >= 11 is 0. The van der Waals surface area contributed by atoms with Crippen LogP contribution < -0.4 is 19.7 Å². The smallest absolute Gasteiger partial charge is 0.410 e. The molecule has 0 saturated heterocycles. The van der Waals surface area contributed by atoms with Gasteiger partial charge in [0.1, 0.15) is 29.6 Å². The Bertz CT molecular complexity index is 1630. The van der Waals surface area contributed by atoms with Crippen molar-refractivity contribution in [3.63, 3.8) is 0 Å². The quantitative estimate of drug-likeness (QED) is 0.264. The molecule has 0 saturated carbocycles. The Hall–Kier alpha value is -4.84. The van der Waals surface area contributed by atoms with Crippen LogP contribution in [0.2, 0.25) is 0 Å². The molecular weight excluding hydrogens is 594 g/mol. The van der Waals surface area contributed by atoms with Crippen molar-refractivity contribution in [2.24, 2.45) is 0 Å². The molecule has 1 aliphatic rings. The van der Waals surface area contributed by atoms with Gasteiger partial charge in [0.25, 0.3) is 0 Å². The van der Waals surface area contributed by atoms with Gasteiger partial charge in [-0.2, -0.15) is 0 Å². The van der Waals surface area contributed by atoms with Crippen LogP contribution in [0.1, 0.15) is 54.0 Å². The van der Waals surface area contributed by atoms with Crippen LogP contribution in [0.15, 0.2) is 48.5 Å². The molecule has 246 valence electrons. The second-order valence-electron chi connectivity index (χ2n) is 12.0. The predicted molar refractivity (Wildman–Crippen MR) is 172 cm³/mol. The van der Waals surface area contributed by atoms with Gasteiger partial charge in [-0.1, -0.05) is 18.2 Å². The second kappa shape index (κ2) is 14.1. The van der Waals surface area contributed by atoms with Gasteiger partial charge in [0.05, 0.1) is 39.1 Å². The average molecular weight is 636 g/mol. The molecule has 1 N–H and O–H groups in total. The number of hydrogen-bond donors (Lipinski definition) is 1. The maximum absolute atomic E-state index is 14.3. The van der Waals surface area contributed by atoms with E-state index in [-0.39, 0.29) is 43.0 Å². The van der Waals surface area contributed by atoms with Gasteiger partial charge in [0.15, 0.2) is 5.75 Å². The van der Waals surface area contributed by atoms with Gasteiger partial charge in [0.2, 0.25) is 5.91 Å². The number of hydrogen-bond acceptors (Lipinski definition) is 10. The van der Waals surface area contributed by atoms with E-state index in [1.54, 1.807) is 75.2 Å². The molecule has 12 nitrogen and oxygen atoms in total. The number of carbonyl (C=O) groups is 4. The molecule has 0 fully saturated rings. The molecule has 3 aromatic rings. The maximum atomic E-state index is 14.3. The maximum Gasteiger partial charge on any atom is 0.410 e. The van der Waals surface area contributed by atoms with Crippen LogP contribution in [0.4, 0.5) is 10.5 Å². The number of benzene rings is 3. The van der Waals surface area contributed by atoms with Crippen LogP contribution in [0.5, 0.6) is 11.5 Å². The number of para-hydroxylation sites is 1. The van der Waals surface area contributed by atoms with E-state index in [9.17, 15) is 19.2 Å². The zero-order chi connectivity index (χ0) is 33.8. The SMILES string of the molecule is COC(=O)c1ccc2c(CN3C(=O)[C@@H](NC[C@H](C)N(C)C(=O)OC(C)(C)C)COc4c(C(=O)OC)cccc43)c(OC)ccc2c1. The van der Waals surface area contributed by atoms with Crippen LogP contribution in [-0.2, 0) is 25.5 Å². The summed E-state index contributed by atoms with van der Waals surface area (Å²) in [5.74, 6) is -0.666. The Labute approximate surface area is 268 Å². The molecule has 0 spiro atoms. The van der Waals surface area contributed by atoms with Crippen molar-refractivity contribution in [1.82, 2.24) is 10.2 Å². The predicted octanol–water partition coefficient (Wildman–Crippen LogP) is 4.56. The van der Waals surface area contributed by atoms with Crippen molar-refractivity contribution in [3.8, 4) is 11.5 Å². The molecule has 1 heterocycles. The number of rotatable bonds is 9. The fourth-order valence-electron chi connectivity index (χ4n) is 5.11. The third-order valence-corrected chi connectivity index (χ3v) is 7.70. The minimum atomic E-state index is -0.848. The highest BCUT2D eigenvalue weighted by molar-refractivity contribution is 6.04. The Morgan fingerprint density at radius 3 is 2.41 bits per heavy atom. The van der Waals surface area contributed by atoms with Gasteiger partial charge < -0.3 is 38.8 Å². The third-order valence-electron chi connectivity index (χ3n) is 7.70. The van der Waals surface area contributed by atoms with Gasteiger partial charge >= 0.3 is 18.0 Å². The topological polar surface area (TPSA) is 133 Å². The number of methoxy groups -OCH3 is 3. The van der Waals surface area contributed by atoms with E-state index >= 15 is 0 Å². The van der Waals surface area contributed by atoms with Crippen LogP contribution in [0.25, 0.3) is 10.8 Å². The molecule has 0 aromatic heterocycles. The van der Waals surface area contributed by atoms with Gasteiger partial charge in [-0.05, 0) is 68.8 Å². The molecule has 0 bridgehead atoms. The van der Waals surface area contributed by atoms with E-state index in [1.807, 2.05) is 13.0 Å². The Morgan fingerprint density at radius 1 is 1.04 bits per heavy atom. The largest absolute Gasteiger partial charge is 0.496 e. The van der Waals surface area contributed by atoms with Crippen LogP contribution >= 0.6 is 0 Å². The summed E-state index contributed by atoms with van der Waals surface area (Å²) in [5.41, 5.74) is 0.952. The lowest BCUT2D eigenvalue weighted by Gasteiger charge is -2.30. The summed E-state index contributed by atoms with van der Waals surface area (Å²) < 4.78 is 27.2. The van der Waals surface area contributed by atoms with Gasteiger partial charge in [-0.15, -0.1) is 0 Å². The second-order valence-corrected chi connectivity index (χ2v) is 12.0. The zero-order valence-electron chi connectivity index (χ0n) is 27.5. The number of likely N-dealkylation sites (N-methyl/N-ethyl adjacent to an activating group) is 1. The number of esters is 2. The molecule has 3 aromatic carbocycles. The van der Waals surface area contributed by atoms with Crippen LogP contribution in [-0.4, -0.2) is 88.1 Å². The number of anilines is 1. The number of carbonyl (C=O) groups excluding carboxylic acids is 4. The number of nitrogens with zero attached hydrogens (tertiary/aromatic N) is 2. The summed E-state index contributed by atoms with van der Waals surface area (Å²) in [6, 6.07) is 12.5. The highest BCUT2D eigenvalue weighted by atomic mass is 16.6. The third kappa shape index (κ3) is 7.34. The summed E-state index contributed by atoms with van der Waals surface area (Å²) in [4.78, 5) is 54.9. The van der Waals surface area contributed by atoms with Crippen molar-refractivity contribution >= 4 is 40.4 Å². The van der Waals surface area contributed by atoms with Crippen LogP contribution in [0.3, 0.4) is 0 Å². The molecule has 0 unspecified atom stereocenters. The first-order valence-electron chi connectivity index (χ1n) is 14.8. The molecule has 0 aliphatic carbocycles. The minimum absolute atomic E-state index is 0.0451. The monoisotopic (exact) mass is 635 g/mol. The van der Waals surface area contributed by atoms with E-state index in [1.165, 1.54) is 26.2 Å². The first kappa shape index (κ1) is 34.0. The normalized spacial score (nSPS) is 15.3. The fraction of sp³-hybridized carbons (Fsp3) is 0.412. The molecule has 4 rings (SSSR count). The van der Waals surface area contributed by atoms with E-state index in [0.29, 0.717) is 22.6 Å². The summed E-state index contributed by atoms with van der Waals surface area (Å²) in [5, 5.41) is 4.75. The Kier molecular flexibility index (Phi) is 10.4. The number of nitrogens with one attached hydrogen (secondary N) is 1. The first-order valence-corrected chi connectivity index (χ1v) is 14.8. The van der Waals surface area contributed by atoms with Gasteiger partial charge in [-0.25, -0.2) is 14.4 Å². The number of ether oxygens (including phenoxy) is 5. The highest BCUT2D eigenvalue weighted by Crippen LogP contribution is 2.38. The van der Waals surface area contributed by atoms with Crippen molar-refractivity contribution in [3.05, 3.63) is 65.2 Å². The van der Waals surface area contributed by atoms with E-state index in [2.05, 4.69) is 5.32 Å². The Morgan fingerprint density at radius 2 is 1.76 bits per heavy atom. The summed E-state index contributed by atoms with van der Waals surface area (Å²) in [6.07, 6.45) is -0.486. The summed E-state index contributed by atoms with van der Waals surface area (Å²) in [7, 11) is 5.77. The van der Waals surface area contributed by atoms with Crippen molar-refractivity contribution in [1.29, 1.82) is 0 Å². The molecule has 46 heavy (non-hydrogen) atoms. The minimum Gasteiger partial charge on any atom is -0.496 e. The van der Waals surface area contributed by atoms with Crippen molar-refractivity contribution < 1.29 is 42.9 Å². The molecule has 2 atom stereocenters. The van der Waals surface area contributed by atoms with Crippen molar-refractivity contribution in [2.75, 3.05) is 46.4 Å². The Balaban J connectivity index is 1.73. The van der Waals surface area contributed by atoms with E-state index in [0.717, 1.165) is 10.8 Å². The molecule has 2 amide bonds. The number of amides is 2. The summed E-state index contributed by atoms with van der Waals surface area (Å²) in [6.45, 7) is 7.42. The van der Waals surface area contributed by atoms with Crippen LogP contribution in [0, 0.1) is 0 Å². The lowest BCUT2D eigenvalue weighted by atomic mass is 10.00. The standard InChI is InChI=1S/C34H41N3O9/c1-20(36(5)33(41)46-34(2,3)4)17-35-26-19-45-29-24(32(40)44-8)10-9-11-27(29)37(30(26)38)18-25-23-14-12-22(31(39)43-7)16-21(23)13-15-28(25)42-6/h9-16,20,26,35H,17-19H2,1-8H3/t20-,26-/m0/s1. The van der Waals surface area contributed by atoms with E-state index in [4.69, 9.17) is 23.7 Å². The first-order chi connectivity index (χ1) is 21.8.